The number of amides is 1. The Kier molecular flexibility index (Phi) is 6.90. The number of carbonyl (C=O) groups is 1. The highest BCUT2D eigenvalue weighted by molar-refractivity contribution is 7.99. The first-order valence-electron chi connectivity index (χ1n) is 11.0. The van der Waals surface area contributed by atoms with Gasteiger partial charge in [0.1, 0.15) is 0 Å². The Morgan fingerprint density at radius 2 is 1.81 bits per heavy atom. The molecule has 0 saturated heterocycles. The number of para-hydroxylation sites is 1. The maximum absolute atomic E-state index is 13.0. The third kappa shape index (κ3) is 4.55. The lowest BCUT2D eigenvalue weighted by molar-refractivity contribution is -0.113. The number of benzene rings is 2. The van der Waals surface area contributed by atoms with Gasteiger partial charge in [0.05, 0.1) is 16.7 Å². The minimum atomic E-state index is -0.112. The molecule has 0 aliphatic heterocycles. The predicted molar refractivity (Wildman–Crippen MR) is 129 cm³/mol. The van der Waals surface area contributed by atoms with Crippen LogP contribution in [0.25, 0.3) is 16.7 Å². The minimum absolute atomic E-state index is 0.0604. The molecule has 0 bridgehead atoms. The molecule has 0 atom stereocenters. The molecule has 2 aromatic heterocycles. The lowest BCUT2D eigenvalue weighted by atomic mass is 10.1. The summed E-state index contributed by atoms with van der Waals surface area (Å²) in [7, 11) is 0. The first-order chi connectivity index (χ1) is 15.6. The van der Waals surface area contributed by atoms with E-state index in [4.69, 9.17) is 0 Å². The molecule has 2 aromatic carbocycles. The van der Waals surface area contributed by atoms with Crippen molar-refractivity contribution in [3.05, 3.63) is 64.4 Å². The van der Waals surface area contributed by atoms with E-state index in [0.717, 1.165) is 36.9 Å². The Hall–Kier alpha value is -3.13. The summed E-state index contributed by atoms with van der Waals surface area (Å²) in [6.45, 7) is 4.82. The number of hydrogen-bond donors (Lipinski definition) is 1. The normalized spacial score (nSPS) is 11.3. The third-order valence-corrected chi connectivity index (χ3v) is 6.25. The zero-order valence-electron chi connectivity index (χ0n) is 18.4. The van der Waals surface area contributed by atoms with Crippen LogP contribution in [0.15, 0.2) is 58.5 Å². The quantitative estimate of drug-likeness (QED) is 0.380. The molecule has 166 valence electrons. The van der Waals surface area contributed by atoms with E-state index in [-0.39, 0.29) is 17.2 Å². The van der Waals surface area contributed by atoms with Crippen molar-refractivity contribution in [2.75, 3.05) is 11.1 Å². The molecule has 7 nitrogen and oxygen atoms in total. The molecule has 32 heavy (non-hydrogen) atoms. The average molecular weight is 450 g/mol. The Morgan fingerprint density at radius 3 is 2.56 bits per heavy atom. The minimum Gasteiger partial charge on any atom is -0.325 e. The number of carbonyl (C=O) groups excluding carboxylic acids is 1. The van der Waals surface area contributed by atoms with E-state index in [0.29, 0.717) is 22.9 Å². The van der Waals surface area contributed by atoms with Crippen LogP contribution in [0.1, 0.15) is 38.7 Å². The van der Waals surface area contributed by atoms with E-state index in [1.54, 1.807) is 4.57 Å². The van der Waals surface area contributed by atoms with Gasteiger partial charge in [0.25, 0.3) is 5.56 Å². The van der Waals surface area contributed by atoms with Crippen LogP contribution in [0.3, 0.4) is 0 Å². The summed E-state index contributed by atoms with van der Waals surface area (Å²) < 4.78 is 3.56. The van der Waals surface area contributed by atoms with Gasteiger partial charge in [-0.25, -0.2) is 0 Å². The first kappa shape index (κ1) is 22.1. The molecular weight excluding hydrogens is 422 g/mol. The molecule has 4 aromatic rings. The maximum Gasteiger partial charge on any atom is 0.262 e. The number of anilines is 1. The number of nitrogens with zero attached hydrogens (tertiary/aromatic N) is 4. The molecule has 4 rings (SSSR count). The lowest BCUT2D eigenvalue weighted by Gasteiger charge is -2.11. The fourth-order valence-electron chi connectivity index (χ4n) is 3.72. The van der Waals surface area contributed by atoms with Crippen LogP contribution in [-0.4, -0.2) is 30.8 Å². The van der Waals surface area contributed by atoms with Crippen molar-refractivity contribution in [3.63, 3.8) is 0 Å². The summed E-state index contributed by atoms with van der Waals surface area (Å²) in [5, 5.41) is 12.7. The molecule has 0 spiro atoms. The second-order valence-electron chi connectivity index (χ2n) is 7.73. The largest absolute Gasteiger partial charge is 0.325 e. The molecule has 8 heteroatoms. The number of unbranched alkanes of at least 4 members (excludes halogenated alkanes) is 1. The van der Waals surface area contributed by atoms with Gasteiger partial charge in [-0.1, -0.05) is 62.7 Å². The number of nitrogens with one attached hydrogen (secondary N) is 1. The molecule has 2 heterocycles. The van der Waals surface area contributed by atoms with Crippen molar-refractivity contribution >= 4 is 40.0 Å². The van der Waals surface area contributed by atoms with Gasteiger partial charge in [0, 0.05) is 12.2 Å². The SMILES string of the molecule is CCCCn1c(=O)c2ccccc2n2c(SCC(=O)Nc3ccc(CCC)cc3)nnc12. The molecule has 0 aliphatic carbocycles. The van der Waals surface area contributed by atoms with Crippen LogP contribution in [0.5, 0.6) is 0 Å². The number of aromatic nitrogens is 4. The van der Waals surface area contributed by atoms with Gasteiger partial charge in [-0.3, -0.25) is 18.6 Å². The maximum atomic E-state index is 13.0. The van der Waals surface area contributed by atoms with Crippen molar-refractivity contribution in [2.24, 2.45) is 0 Å². The molecule has 1 amide bonds. The second-order valence-corrected chi connectivity index (χ2v) is 8.67. The summed E-state index contributed by atoms with van der Waals surface area (Å²) in [5.41, 5.74) is 2.73. The van der Waals surface area contributed by atoms with Crippen molar-refractivity contribution in [2.45, 2.75) is 51.2 Å². The van der Waals surface area contributed by atoms with E-state index < -0.39 is 0 Å². The van der Waals surface area contributed by atoms with Gasteiger partial charge in [-0.05, 0) is 42.7 Å². The number of rotatable bonds is 9. The first-order valence-corrected chi connectivity index (χ1v) is 12.0. The third-order valence-electron chi connectivity index (χ3n) is 5.32. The molecule has 0 aliphatic rings. The van der Waals surface area contributed by atoms with Gasteiger partial charge in [-0.15, -0.1) is 10.2 Å². The Balaban J connectivity index is 1.57. The Morgan fingerprint density at radius 1 is 1.03 bits per heavy atom. The zero-order chi connectivity index (χ0) is 22.5. The molecular formula is C24H27N5O2S. The van der Waals surface area contributed by atoms with Crippen LogP contribution in [-0.2, 0) is 17.8 Å². The van der Waals surface area contributed by atoms with E-state index in [2.05, 4.69) is 29.4 Å². The standard InChI is InChI=1S/C24H27N5O2S/c1-3-5-15-28-22(31)19-9-6-7-10-20(19)29-23(28)26-27-24(29)32-16-21(30)25-18-13-11-17(8-4-2)12-14-18/h6-7,9-14H,3-5,8,15-16H2,1-2H3,(H,25,30). The lowest BCUT2D eigenvalue weighted by Crippen LogP contribution is -2.23. The summed E-state index contributed by atoms with van der Waals surface area (Å²) in [6, 6.07) is 15.4. The summed E-state index contributed by atoms with van der Waals surface area (Å²) in [6.07, 6.45) is 3.97. The van der Waals surface area contributed by atoms with Crippen LogP contribution in [0.4, 0.5) is 5.69 Å². The van der Waals surface area contributed by atoms with Gasteiger partial charge in [-0.2, -0.15) is 0 Å². The highest BCUT2D eigenvalue weighted by Gasteiger charge is 2.17. The van der Waals surface area contributed by atoms with Gasteiger partial charge in [0.2, 0.25) is 11.7 Å². The van der Waals surface area contributed by atoms with Gasteiger partial charge >= 0.3 is 0 Å². The number of fused-ring (bicyclic) bond motifs is 3. The fraction of sp³-hybridized carbons (Fsp3) is 0.333. The Bertz CT molecular complexity index is 1290. The van der Waals surface area contributed by atoms with Crippen LogP contribution in [0.2, 0.25) is 0 Å². The van der Waals surface area contributed by atoms with Crippen molar-refractivity contribution in [1.29, 1.82) is 0 Å². The molecule has 1 N–H and O–H groups in total. The van der Waals surface area contributed by atoms with Crippen molar-refractivity contribution in [3.8, 4) is 0 Å². The topological polar surface area (TPSA) is 81.3 Å². The average Bonchev–Trinajstić information content (AvgIpc) is 3.23. The van der Waals surface area contributed by atoms with E-state index in [1.165, 1.54) is 17.3 Å². The smallest absolute Gasteiger partial charge is 0.262 e. The van der Waals surface area contributed by atoms with E-state index in [9.17, 15) is 9.59 Å². The van der Waals surface area contributed by atoms with E-state index >= 15 is 0 Å². The van der Waals surface area contributed by atoms with Crippen LogP contribution < -0.4 is 10.9 Å². The fourth-order valence-corrected chi connectivity index (χ4v) is 4.46. The zero-order valence-corrected chi connectivity index (χ0v) is 19.2. The van der Waals surface area contributed by atoms with Gasteiger partial charge < -0.3 is 5.32 Å². The number of hydrogen-bond acceptors (Lipinski definition) is 5. The molecule has 0 saturated carbocycles. The van der Waals surface area contributed by atoms with Crippen LogP contribution in [0, 0.1) is 0 Å². The molecule has 0 fully saturated rings. The Labute approximate surface area is 190 Å². The highest BCUT2D eigenvalue weighted by atomic mass is 32.2. The number of thioether (sulfide) groups is 1. The van der Waals surface area contributed by atoms with Crippen molar-refractivity contribution < 1.29 is 4.79 Å². The monoisotopic (exact) mass is 449 g/mol. The van der Waals surface area contributed by atoms with E-state index in [1.807, 2.05) is 52.9 Å². The summed E-state index contributed by atoms with van der Waals surface area (Å²) >= 11 is 1.31. The summed E-state index contributed by atoms with van der Waals surface area (Å²) in [4.78, 5) is 25.5. The predicted octanol–water partition coefficient (Wildman–Crippen LogP) is 4.53. The second kappa shape index (κ2) is 9.99. The molecule has 0 unspecified atom stereocenters. The summed E-state index contributed by atoms with van der Waals surface area (Å²) in [5.74, 6) is 0.593. The van der Waals surface area contributed by atoms with Crippen LogP contribution >= 0.6 is 11.8 Å². The highest BCUT2D eigenvalue weighted by Crippen LogP contribution is 2.22. The number of aryl methyl sites for hydroxylation is 2. The van der Waals surface area contributed by atoms with Gasteiger partial charge in [0.15, 0.2) is 5.16 Å². The van der Waals surface area contributed by atoms with Crippen molar-refractivity contribution in [1.82, 2.24) is 19.2 Å². The molecule has 0 radical (unpaired) electrons.